The molecule has 0 aliphatic carbocycles. The average Bonchev–Trinajstić information content (AvgIpc) is 3.14. The molecule has 2 aromatic carbocycles. The number of nitrogens with zero attached hydrogens (tertiary/aromatic N) is 2. The lowest BCUT2D eigenvalue weighted by Crippen LogP contribution is -2.39. The lowest BCUT2D eigenvalue weighted by Gasteiger charge is -2.26. The van der Waals surface area contributed by atoms with Crippen LogP contribution in [0.25, 0.3) is 0 Å². The van der Waals surface area contributed by atoms with Crippen molar-refractivity contribution in [3.05, 3.63) is 59.9 Å². The van der Waals surface area contributed by atoms with Gasteiger partial charge >= 0.3 is 0 Å². The van der Waals surface area contributed by atoms with E-state index in [0.717, 1.165) is 28.8 Å². The predicted molar refractivity (Wildman–Crippen MR) is 112 cm³/mol. The summed E-state index contributed by atoms with van der Waals surface area (Å²) in [6.07, 6.45) is 0.860. The van der Waals surface area contributed by atoms with E-state index in [-0.39, 0.29) is 29.4 Å². The highest BCUT2D eigenvalue weighted by molar-refractivity contribution is 8.14. The van der Waals surface area contributed by atoms with Gasteiger partial charge in [-0.2, -0.15) is 0 Å². The number of anilines is 1. The van der Waals surface area contributed by atoms with Gasteiger partial charge in [0.05, 0.1) is 30.7 Å². The Balaban J connectivity index is 1.49. The first-order chi connectivity index (χ1) is 13.4. The summed E-state index contributed by atoms with van der Waals surface area (Å²) in [6, 6.07) is 13.6. The van der Waals surface area contributed by atoms with E-state index in [4.69, 9.17) is 9.73 Å². The van der Waals surface area contributed by atoms with Gasteiger partial charge in [0.25, 0.3) is 0 Å². The number of hydrogen-bond acceptors (Lipinski definition) is 6. The zero-order valence-corrected chi connectivity index (χ0v) is 17.0. The van der Waals surface area contributed by atoms with E-state index < -0.39 is 9.84 Å². The third-order valence-corrected chi connectivity index (χ3v) is 7.66. The quantitative estimate of drug-likeness (QED) is 0.744. The normalized spacial score (nSPS) is 22.8. The van der Waals surface area contributed by atoms with Gasteiger partial charge in [0.1, 0.15) is 11.6 Å². The van der Waals surface area contributed by atoms with Crippen molar-refractivity contribution in [3.63, 3.8) is 0 Å². The highest BCUT2D eigenvalue weighted by atomic mass is 32.2. The Labute approximate surface area is 168 Å². The maximum Gasteiger partial charge on any atom is 0.164 e. The van der Waals surface area contributed by atoms with E-state index in [1.807, 2.05) is 29.2 Å². The molecule has 0 radical (unpaired) electrons. The zero-order chi connectivity index (χ0) is 19.7. The third kappa shape index (κ3) is 4.03. The molecule has 148 valence electrons. The number of methoxy groups -OCH3 is 1. The van der Waals surface area contributed by atoms with Gasteiger partial charge in [0, 0.05) is 11.4 Å². The number of ether oxygens (including phenoxy) is 1. The molecule has 0 spiro atoms. The summed E-state index contributed by atoms with van der Waals surface area (Å²) in [6.45, 7) is 0. The summed E-state index contributed by atoms with van der Waals surface area (Å²) in [7, 11) is -1.45. The molecule has 5 nitrogen and oxygen atoms in total. The monoisotopic (exact) mass is 420 g/mol. The first-order valence-electron chi connectivity index (χ1n) is 9.04. The first kappa shape index (κ1) is 19.3. The second-order valence-corrected chi connectivity index (χ2v) is 10.1. The minimum Gasteiger partial charge on any atom is -0.497 e. The van der Waals surface area contributed by atoms with Crippen LogP contribution in [0.3, 0.4) is 0 Å². The molecular formula is C20H21FN2O3S2. The van der Waals surface area contributed by atoms with Gasteiger partial charge in [-0.1, -0.05) is 23.9 Å². The Morgan fingerprint density at radius 2 is 1.86 bits per heavy atom. The predicted octanol–water partition coefficient (Wildman–Crippen LogP) is 3.15. The van der Waals surface area contributed by atoms with Crippen molar-refractivity contribution in [2.75, 3.05) is 29.3 Å². The Hall–Kier alpha value is -2.06. The number of aliphatic imine (C=N–C) groups is 1. The molecule has 2 aliphatic heterocycles. The van der Waals surface area contributed by atoms with Crippen molar-refractivity contribution in [3.8, 4) is 5.75 Å². The number of fused-ring (bicyclic) bond motifs is 1. The minimum atomic E-state index is -3.09. The molecule has 0 N–H and O–H groups in total. The Bertz CT molecular complexity index is 976. The van der Waals surface area contributed by atoms with Gasteiger partial charge < -0.3 is 9.64 Å². The Morgan fingerprint density at radius 3 is 2.54 bits per heavy atom. The molecular weight excluding hydrogens is 399 g/mol. The van der Waals surface area contributed by atoms with Gasteiger partial charge in [-0.3, -0.25) is 4.99 Å². The highest BCUT2D eigenvalue weighted by Gasteiger charge is 2.47. The summed E-state index contributed by atoms with van der Waals surface area (Å²) < 4.78 is 42.6. The summed E-state index contributed by atoms with van der Waals surface area (Å²) >= 11 is 1.61. The van der Waals surface area contributed by atoms with Crippen LogP contribution in [0.1, 0.15) is 5.56 Å². The fourth-order valence-corrected chi connectivity index (χ4v) is 6.54. The lowest BCUT2D eigenvalue weighted by molar-refractivity contribution is 0.414. The maximum atomic E-state index is 13.3. The molecule has 2 heterocycles. The zero-order valence-electron chi connectivity index (χ0n) is 15.4. The number of hydrogen-bond donors (Lipinski definition) is 0. The van der Waals surface area contributed by atoms with Gasteiger partial charge in [0.2, 0.25) is 0 Å². The molecule has 2 atom stereocenters. The number of amidine groups is 1. The fraction of sp³-hybridized carbons (Fsp3) is 0.350. The van der Waals surface area contributed by atoms with E-state index in [0.29, 0.717) is 0 Å². The average molecular weight is 421 g/mol. The number of halogens is 1. The van der Waals surface area contributed by atoms with Crippen LogP contribution in [0.15, 0.2) is 53.5 Å². The van der Waals surface area contributed by atoms with E-state index in [1.54, 1.807) is 31.0 Å². The van der Waals surface area contributed by atoms with Crippen LogP contribution in [0.4, 0.5) is 10.1 Å². The molecule has 1 fully saturated rings. The van der Waals surface area contributed by atoms with Crippen LogP contribution in [-0.4, -0.2) is 50.0 Å². The van der Waals surface area contributed by atoms with Crippen molar-refractivity contribution in [1.82, 2.24) is 0 Å². The molecule has 0 aromatic heterocycles. The van der Waals surface area contributed by atoms with Crippen molar-refractivity contribution in [2.45, 2.75) is 18.5 Å². The number of sulfone groups is 1. The second kappa shape index (κ2) is 7.75. The fourth-order valence-electron chi connectivity index (χ4n) is 3.59. The molecule has 28 heavy (non-hydrogen) atoms. The van der Waals surface area contributed by atoms with E-state index >= 15 is 0 Å². The molecule has 0 amide bonds. The molecule has 0 saturated carbocycles. The molecule has 4 rings (SSSR count). The van der Waals surface area contributed by atoms with Crippen molar-refractivity contribution >= 4 is 32.5 Å². The standard InChI is InChI=1S/C20H21FN2O3S2/c1-26-17-8-2-14(3-9-17)10-11-27-20-22-18-12-28(24,25)13-19(18)23(20)16-6-4-15(21)5-7-16/h2-9,18-19H,10-13H2,1H3/t18-,19-/m1/s1. The molecule has 1 saturated heterocycles. The SMILES string of the molecule is COc1ccc(CCSC2=N[C@@H]3CS(=O)(=O)C[C@H]3N2c2ccc(F)cc2)cc1. The summed E-state index contributed by atoms with van der Waals surface area (Å²) in [4.78, 5) is 6.66. The van der Waals surface area contributed by atoms with Crippen LogP contribution in [-0.2, 0) is 16.3 Å². The first-order valence-corrected chi connectivity index (χ1v) is 11.8. The smallest absolute Gasteiger partial charge is 0.164 e. The largest absolute Gasteiger partial charge is 0.497 e. The highest BCUT2D eigenvalue weighted by Crippen LogP contribution is 2.35. The molecule has 0 unspecified atom stereocenters. The van der Waals surface area contributed by atoms with Crippen LogP contribution in [0.2, 0.25) is 0 Å². The maximum absolute atomic E-state index is 13.3. The van der Waals surface area contributed by atoms with Gasteiger partial charge in [-0.05, 0) is 48.4 Å². The van der Waals surface area contributed by atoms with E-state index in [1.165, 1.54) is 17.7 Å². The molecule has 0 bridgehead atoms. The van der Waals surface area contributed by atoms with Gasteiger partial charge in [0.15, 0.2) is 15.0 Å². The molecule has 2 aromatic rings. The number of aryl methyl sites for hydroxylation is 1. The third-order valence-electron chi connectivity index (χ3n) is 4.99. The van der Waals surface area contributed by atoms with Crippen LogP contribution in [0, 0.1) is 5.82 Å². The topological polar surface area (TPSA) is 59.0 Å². The van der Waals surface area contributed by atoms with Gasteiger partial charge in [-0.15, -0.1) is 0 Å². The van der Waals surface area contributed by atoms with E-state index in [9.17, 15) is 12.8 Å². The van der Waals surface area contributed by atoms with E-state index in [2.05, 4.69) is 0 Å². The van der Waals surface area contributed by atoms with Crippen LogP contribution in [0.5, 0.6) is 5.75 Å². The summed E-state index contributed by atoms with van der Waals surface area (Å²) in [5, 5.41) is 0.810. The molecule has 2 aliphatic rings. The van der Waals surface area contributed by atoms with Gasteiger partial charge in [-0.25, -0.2) is 12.8 Å². The number of thioether (sulfide) groups is 1. The van der Waals surface area contributed by atoms with Crippen molar-refractivity contribution in [2.24, 2.45) is 4.99 Å². The molecule has 8 heteroatoms. The van der Waals surface area contributed by atoms with Crippen molar-refractivity contribution in [1.29, 1.82) is 0 Å². The van der Waals surface area contributed by atoms with Crippen molar-refractivity contribution < 1.29 is 17.5 Å². The van der Waals surface area contributed by atoms with Crippen LogP contribution < -0.4 is 9.64 Å². The summed E-state index contributed by atoms with van der Waals surface area (Å²) in [5.74, 6) is 1.49. The second-order valence-electron chi connectivity index (χ2n) is 6.92. The van der Waals surface area contributed by atoms with Crippen LogP contribution >= 0.6 is 11.8 Å². The lowest BCUT2D eigenvalue weighted by atomic mass is 10.1. The summed E-state index contributed by atoms with van der Waals surface area (Å²) in [5.41, 5.74) is 1.98. The number of benzene rings is 2. The Morgan fingerprint density at radius 1 is 1.14 bits per heavy atom. The number of rotatable bonds is 5. The minimum absolute atomic E-state index is 0.0813. The Kier molecular flexibility index (Phi) is 5.33.